The summed E-state index contributed by atoms with van der Waals surface area (Å²) in [7, 11) is 0. The SMILES string of the molecule is Clc1ccc(/C=N/OCc2ccccc2)cc1Cl. The molecule has 0 aliphatic rings. The molecule has 2 nitrogen and oxygen atoms in total. The molecule has 0 unspecified atom stereocenters. The number of nitrogens with zero attached hydrogens (tertiary/aromatic N) is 1. The molecule has 2 aromatic carbocycles. The molecule has 0 saturated heterocycles. The van der Waals surface area contributed by atoms with Gasteiger partial charge in [-0.3, -0.25) is 0 Å². The van der Waals surface area contributed by atoms with Crippen LogP contribution in [0.25, 0.3) is 0 Å². The van der Waals surface area contributed by atoms with Gasteiger partial charge in [0.1, 0.15) is 6.61 Å². The molecule has 0 N–H and O–H groups in total. The summed E-state index contributed by atoms with van der Waals surface area (Å²) in [6.45, 7) is 0.443. The molecule has 0 spiro atoms. The van der Waals surface area contributed by atoms with Gasteiger partial charge < -0.3 is 4.84 Å². The van der Waals surface area contributed by atoms with Crippen LogP contribution in [0.1, 0.15) is 11.1 Å². The van der Waals surface area contributed by atoms with Crippen molar-refractivity contribution in [3.8, 4) is 0 Å². The maximum Gasteiger partial charge on any atom is 0.142 e. The zero-order valence-corrected chi connectivity index (χ0v) is 11.0. The van der Waals surface area contributed by atoms with Crippen molar-refractivity contribution in [2.45, 2.75) is 6.61 Å². The van der Waals surface area contributed by atoms with Crippen molar-refractivity contribution in [1.29, 1.82) is 0 Å². The molecule has 18 heavy (non-hydrogen) atoms. The third-order valence-corrected chi connectivity index (χ3v) is 3.03. The Morgan fingerprint density at radius 3 is 2.50 bits per heavy atom. The van der Waals surface area contributed by atoms with Crippen LogP contribution < -0.4 is 0 Å². The maximum absolute atomic E-state index is 5.89. The van der Waals surface area contributed by atoms with Gasteiger partial charge in [-0.05, 0) is 23.3 Å². The van der Waals surface area contributed by atoms with Gasteiger partial charge in [0.05, 0.1) is 16.3 Å². The van der Waals surface area contributed by atoms with E-state index >= 15 is 0 Å². The largest absolute Gasteiger partial charge is 0.391 e. The lowest BCUT2D eigenvalue weighted by atomic mass is 10.2. The van der Waals surface area contributed by atoms with Gasteiger partial charge in [0.25, 0.3) is 0 Å². The van der Waals surface area contributed by atoms with Gasteiger partial charge in [-0.1, -0.05) is 64.8 Å². The summed E-state index contributed by atoms with van der Waals surface area (Å²) >= 11 is 11.7. The van der Waals surface area contributed by atoms with Crippen LogP contribution in [0.15, 0.2) is 53.7 Å². The molecule has 92 valence electrons. The van der Waals surface area contributed by atoms with Crippen molar-refractivity contribution >= 4 is 29.4 Å². The molecule has 0 saturated carbocycles. The first kappa shape index (κ1) is 12.9. The molecule has 0 heterocycles. The van der Waals surface area contributed by atoms with Gasteiger partial charge in [0, 0.05) is 0 Å². The predicted molar refractivity (Wildman–Crippen MR) is 75.3 cm³/mol. The molecule has 0 radical (unpaired) electrons. The molecular weight excluding hydrogens is 269 g/mol. The Balaban J connectivity index is 1.90. The summed E-state index contributed by atoms with van der Waals surface area (Å²) in [5.41, 5.74) is 1.92. The number of benzene rings is 2. The van der Waals surface area contributed by atoms with Gasteiger partial charge in [0.2, 0.25) is 0 Å². The summed E-state index contributed by atoms with van der Waals surface area (Å²) in [5, 5.41) is 4.91. The summed E-state index contributed by atoms with van der Waals surface area (Å²) in [6, 6.07) is 15.1. The Hall–Kier alpha value is -1.51. The molecule has 0 fully saturated rings. The molecule has 0 aliphatic carbocycles. The lowest BCUT2D eigenvalue weighted by Gasteiger charge is -1.99. The van der Waals surface area contributed by atoms with Crippen LogP contribution in [0.5, 0.6) is 0 Å². The standard InChI is InChI=1S/C14H11Cl2NO/c15-13-7-6-12(8-14(13)16)9-17-18-10-11-4-2-1-3-5-11/h1-9H,10H2/b17-9+. The second-order valence-corrected chi connectivity index (χ2v) is 4.48. The number of hydrogen-bond donors (Lipinski definition) is 0. The lowest BCUT2D eigenvalue weighted by Crippen LogP contribution is -1.87. The first-order valence-corrected chi connectivity index (χ1v) is 6.15. The molecule has 0 aliphatic heterocycles. The van der Waals surface area contributed by atoms with E-state index in [1.165, 1.54) is 0 Å². The van der Waals surface area contributed by atoms with Crippen molar-refractivity contribution in [1.82, 2.24) is 0 Å². The van der Waals surface area contributed by atoms with E-state index in [0.717, 1.165) is 11.1 Å². The summed E-state index contributed by atoms with van der Waals surface area (Å²) in [5.74, 6) is 0. The number of halogens is 2. The zero-order chi connectivity index (χ0) is 12.8. The maximum atomic E-state index is 5.89. The van der Waals surface area contributed by atoms with Crippen molar-refractivity contribution in [3.05, 3.63) is 69.7 Å². The Labute approximate surface area is 116 Å². The average molecular weight is 280 g/mol. The summed E-state index contributed by atoms with van der Waals surface area (Å²) in [4.78, 5) is 5.19. The number of rotatable bonds is 4. The second kappa shape index (κ2) is 6.43. The lowest BCUT2D eigenvalue weighted by molar-refractivity contribution is 0.132. The van der Waals surface area contributed by atoms with E-state index in [1.807, 2.05) is 36.4 Å². The monoisotopic (exact) mass is 279 g/mol. The quantitative estimate of drug-likeness (QED) is 0.595. The number of oxime groups is 1. The highest BCUT2D eigenvalue weighted by atomic mass is 35.5. The first-order valence-electron chi connectivity index (χ1n) is 5.40. The van der Waals surface area contributed by atoms with E-state index in [-0.39, 0.29) is 0 Å². The molecule has 0 atom stereocenters. The normalized spacial score (nSPS) is 10.8. The van der Waals surface area contributed by atoms with Gasteiger partial charge in [0.15, 0.2) is 0 Å². The minimum atomic E-state index is 0.443. The van der Waals surface area contributed by atoms with Crippen LogP contribution in [0.4, 0.5) is 0 Å². The zero-order valence-electron chi connectivity index (χ0n) is 9.51. The topological polar surface area (TPSA) is 21.6 Å². The van der Waals surface area contributed by atoms with Crippen LogP contribution in [-0.4, -0.2) is 6.21 Å². The van der Waals surface area contributed by atoms with Crippen LogP contribution >= 0.6 is 23.2 Å². The smallest absolute Gasteiger partial charge is 0.142 e. The second-order valence-electron chi connectivity index (χ2n) is 3.67. The van der Waals surface area contributed by atoms with Gasteiger partial charge in [-0.15, -0.1) is 0 Å². The molecular formula is C14H11Cl2NO. The van der Waals surface area contributed by atoms with E-state index in [0.29, 0.717) is 16.7 Å². The van der Waals surface area contributed by atoms with E-state index in [4.69, 9.17) is 28.0 Å². The molecule has 2 aromatic rings. The van der Waals surface area contributed by atoms with E-state index in [9.17, 15) is 0 Å². The van der Waals surface area contributed by atoms with Gasteiger partial charge in [-0.25, -0.2) is 0 Å². The summed E-state index contributed by atoms with van der Waals surface area (Å²) in [6.07, 6.45) is 1.60. The van der Waals surface area contributed by atoms with Crippen molar-refractivity contribution in [2.75, 3.05) is 0 Å². The van der Waals surface area contributed by atoms with Crippen LogP contribution in [0, 0.1) is 0 Å². The molecule has 0 amide bonds. The molecule has 0 aromatic heterocycles. The Morgan fingerprint density at radius 1 is 1.00 bits per heavy atom. The average Bonchev–Trinajstić information content (AvgIpc) is 2.40. The Bertz CT molecular complexity index is 541. The fourth-order valence-corrected chi connectivity index (χ4v) is 1.68. The van der Waals surface area contributed by atoms with Gasteiger partial charge >= 0.3 is 0 Å². The highest BCUT2D eigenvalue weighted by Crippen LogP contribution is 2.21. The van der Waals surface area contributed by atoms with E-state index < -0.39 is 0 Å². The predicted octanol–water partition coefficient (Wildman–Crippen LogP) is 4.54. The van der Waals surface area contributed by atoms with E-state index in [2.05, 4.69) is 5.16 Å². The fourth-order valence-electron chi connectivity index (χ4n) is 1.38. The minimum Gasteiger partial charge on any atom is -0.391 e. The van der Waals surface area contributed by atoms with Crippen molar-refractivity contribution in [2.24, 2.45) is 5.16 Å². The minimum absolute atomic E-state index is 0.443. The van der Waals surface area contributed by atoms with Crippen molar-refractivity contribution < 1.29 is 4.84 Å². The third kappa shape index (κ3) is 3.76. The van der Waals surface area contributed by atoms with Gasteiger partial charge in [-0.2, -0.15) is 0 Å². The number of hydrogen-bond acceptors (Lipinski definition) is 2. The van der Waals surface area contributed by atoms with Crippen LogP contribution in [-0.2, 0) is 11.4 Å². The third-order valence-electron chi connectivity index (χ3n) is 2.29. The highest BCUT2D eigenvalue weighted by molar-refractivity contribution is 6.42. The van der Waals surface area contributed by atoms with Crippen LogP contribution in [0.3, 0.4) is 0 Å². The van der Waals surface area contributed by atoms with E-state index in [1.54, 1.807) is 18.3 Å². The molecule has 4 heteroatoms. The fraction of sp³-hybridized carbons (Fsp3) is 0.0714. The molecule has 0 bridgehead atoms. The molecule has 2 rings (SSSR count). The Kier molecular flexibility index (Phi) is 4.62. The van der Waals surface area contributed by atoms with Crippen molar-refractivity contribution in [3.63, 3.8) is 0 Å². The summed E-state index contributed by atoms with van der Waals surface area (Å²) < 4.78 is 0. The highest BCUT2D eigenvalue weighted by Gasteiger charge is 1.97. The first-order chi connectivity index (χ1) is 8.75. The Morgan fingerprint density at radius 2 is 1.78 bits per heavy atom. The van der Waals surface area contributed by atoms with Crippen LogP contribution in [0.2, 0.25) is 10.0 Å².